The van der Waals surface area contributed by atoms with Crippen molar-refractivity contribution in [1.29, 1.82) is 0 Å². The summed E-state index contributed by atoms with van der Waals surface area (Å²) in [7, 11) is 3.51. The lowest BCUT2D eigenvalue weighted by Crippen LogP contribution is -2.30. The number of aromatic nitrogens is 6. The number of fused-ring (bicyclic) bond motifs is 2. The lowest BCUT2D eigenvalue weighted by molar-refractivity contribution is 0.00787. The van der Waals surface area contributed by atoms with Gasteiger partial charge in [-0.3, -0.25) is 14.1 Å². The zero-order valence-electron chi connectivity index (χ0n) is 18.7. The SMILES string of the molecule is COCCOc1cnc2c(c1)C(O)N([C@@H](C)c1nnc3ccc(-c4cnn(C)c4)cn13)C=C2. The average molecular weight is 447 g/mol. The van der Waals surface area contributed by atoms with Crippen molar-refractivity contribution >= 4 is 11.7 Å². The molecule has 33 heavy (non-hydrogen) atoms. The minimum atomic E-state index is -0.910. The van der Waals surface area contributed by atoms with Crippen LogP contribution in [0.1, 0.15) is 36.3 Å². The van der Waals surface area contributed by atoms with Crippen molar-refractivity contribution < 1.29 is 14.6 Å². The van der Waals surface area contributed by atoms with E-state index in [9.17, 15) is 5.11 Å². The molecule has 0 amide bonds. The Labute approximate surface area is 190 Å². The third kappa shape index (κ3) is 3.94. The Bertz CT molecular complexity index is 1310. The van der Waals surface area contributed by atoms with Crippen LogP contribution < -0.4 is 4.74 Å². The number of pyridine rings is 2. The van der Waals surface area contributed by atoms with Gasteiger partial charge in [-0.15, -0.1) is 10.2 Å². The van der Waals surface area contributed by atoms with Gasteiger partial charge in [0.25, 0.3) is 0 Å². The molecule has 1 aliphatic heterocycles. The summed E-state index contributed by atoms with van der Waals surface area (Å²) in [5.41, 5.74) is 4.12. The molecule has 5 rings (SSSR count). The molecule has 0 bridgehead atoms. The number of nitrogens with zero attached hydrogens (tertiary/aromatic N) is 7. The van der Waals surface area contributed by atoms with Gasteiger partial charge in [-0.1, -0.05) is 0 Å². The summed E-state index contributed by atoms with van der Waals surface area (Å²) in [6, 6.07) is 5.48. The molecule has 170 valence electrons. The number of hydrogen-bond acceptors (Lipinski definition) is 8. The monoisotopic (exact) mass is 447 g/mol. The molecule has 10 heteroatoms. The van der Waals surface area contributed by atoms with E-state index in [0.717, 1.165) is 16.8 Å². The van der Waals surface area contributed by atoms with E-state index in [2.05, 4.69) is 20.3 Å². The van der Waals surface area contributed by atoms with Crippen molar-refractivity contribution in [2.75, 3.05) is 20.3 Å². The molecule has 4 aromatic heterocycles. The summed E-state index contributed by atoms with van der Waals surface area (Å²) in [4.78, 5) is 6.25. The van der Waals surface area contributed by atoms with Crippen LogP contribution in [0.5, 0.6) is 5.75 Å². The highest BCUT2D eigenvalue weighted by molar-refractivity contribution is 5.63. The van der Waals surface area contributed by atoms with Crippen LogP contribution in [0.2, 0.25) is 0 Å². The van der Waals surface area contributed by atoms with Crippen molar-refractivity contribution in [3.8, 4) is 16.9 Å². The van der Waals surface area contributed by atoms with E-state index in [1.807, 2.05) is 72.3 Å². The number of aliphatic hydroxyl groups excluding tert-OH is 1. The Morgan fingerprint density at radius 3 is 2.79 bits per heavy atom. The van der Waals surface area contributed by atoms with Gasteiger partial charge in [0.2, 0.25) is 0 Å². The fourth-order valence-corrected chi connectivity index (χ4v) is 3.95. The van der Waals surface area contributed by atoms with E-state index in [0.29, 0.717) is 36.0 Å². The van der Waals surface area contributed by atoms with Crippen molar-refractivity contribution in [3.63, 3.8) is 0 Å². The highest BCUT2D eigenvalue weighted by Crippen LogP contribution is 2.35. The predicted octanol–water partition coefficient (Wildman–Crippen LogP) is 2.59. The fourth-order valence-electron chi connectivity index (χ4n) is 3.95. The minimum Gasteiger partial charge on any atom is -0.490 e. The van der Waals surface area contributed by atoms with Gasteiger partial charge in [-0.05, 0) is 31.2 Å². The summed E-state index contributed by atoms with van der Waals surface area (Å²) in [5, 5.41) is 24.2. The summed E-state index contributed by atoms with van der Waals surface area (Å²) in [6.45, 7) is 2.87. The average Bonchev–Trinajstić information content (AvgIpc) is 3.45. The maximum Gasteiger partial charge on any atom is 0.160 e. The minimum absolute atomic E-state index is 0.262. The van der Waals surface area contributed by atoms with Crippen molar-refractivity contribution in [3.05, 3.63) is 66.3 Å². The molecular formula is C23H25N7O3. The van der Waals surface area contributed by atoms with Gasteiger partial charge in [0.05, 0.1) is 30.7 Å². The van der Waals surface area contributed by atoms with Gasteiger partial charge in [-0.25, -0.2) is 0 Å². The molecule has 5 heterocycles. The lowest BCUT2D eigenvalue weighted by atomic mass is 10.1. The lowest BCUT2D eigenvalue weighted by Gasteiger charge is -2.34. The number of aliphatic hydroxyl groups is 1. The quantitative estimate of drug-likeness (QED) is 0.431. The molecular weight excluding hydrogens is 422 g/mol. The molecule has 0 spiro atoms. The van der Waals surface area contributed by atoms with E-state index in [-0.39, 0.29) is 6.04 Å². The Balaban J connectivity index is 1.44. The second-order valence-electron chi connectivity index (χ2n) is 7.91. The fraction of sp³-hybridized carbons (Fsp3) is 0.304. The molecule has 0 saturated heterocycles. The highest BCUT2D eigenvalue weighted by Gasteiger charge is 2.29. The number of aryl methyl sites for hydroxylation is 1. The predicted molar refractivity (Wildman–Crippen MR) is 121 cm³/mol. The molecule has 2 atom stereocenters. The molecule has 0 radical (unpaired) electrons. The number of ether oxygens (including phenoxy) is 2. The summed E-state index contributed by atoms with van der Waals surface area (Å²) in [5.74, 6) is 1.30. The normalized spacial score (nSPS) is 16.2. The molecule has 1 unspecified atom stereocenters. The van der Waals surface area contributed by atoms with E-state index in [4.69, 9.17) is 9.47 Å². The van der Waals surface area contributed by atoms with Crippen molar-refractivity contribution in [1.82, 2.24) is 34.3 Å². The van der Waals surface area contributed by atoms with Gasteiger partial charge in [-0.2, -0.15) is 5.10 Å². The first-order valence-electron chi connectivity index (χ1n) is 10.6. The first-order valence-corrected chi connectivity index (χ1v) is 10.6. The summed E-state index contributed by atoms with van der Waals surface area (Å²) >= 11 is 0. The van der Waals surface area contributed by atoms with Crippen LogP contribution in [0, 0.1) is 0 Å². The van der Waals surface area contributed by atoms with Crippen LogP contribution >= 0.6 is 0 Å². The first-order chi connectivity index (χ1) is 16.0. The second-order valence-corrected chi connectivity index (χ2v) is 7.91. The van der Waals surface area contributed by atoms with Crippen molar-refractivity contribution in [2.24, 2.45) is 7.05 Å². The molecule has 1 N–H and O–H groups in total. The largest absolute Gasteiger partial charge is 0.490 e. The third-order valence-corrected chi connectivity index (χ3v) is 5.73. The van der Waals surface area contributed by atoms with E-state index in [1.54, 1.807) is 18.0 Å². The highest BCUT2D eigenvalue weighted by atomic mass is 16.5. The molecule has 10 nitrogen and oxygen atoms in total. The van der Waals surface area contributed by atoms with Crippen LogP contribution in [-0.4, -0.2) is 59.7 Å². The number of methoxy groups -OCH3 is 1. The molecule has 4 aromatic rings. The standard InChI is InChI=1S/C23H25N7O3/c1-15(22-27-26-21-5-4-16(14-30(21)22)17-11-25-28(2)13-17)29-7-6-20-19(23(29)31)10-18(12-24-20)33-9-8-32-3/h4-7,10-15,23,31H,8-9H2,1-3H3/t15-,23?/m0/s1. The van der Waals surface area contributed by atoms with Crippen LogP contribution in [0.3, 0.4) is 0 Å². The molecule has 1 aliphatic rings. The van der Waals surface area contributed by atoms with E-state index in [1.165, 1.54) is 0 Å². The molecule has 0 saturated carbocycles. The summed E-state index contributed by atoms with van der Waals surface area (Å²) < 4.78 is 14.4. The van der Waals surface area contributed by atoms with Crippen LogP contribution in [-0.2, 0) is 11.8 Å². The van der Waals surface area contributed by atoms with Crippen molar-refractivity contribution in [2.45, 2.75) is 19.2 Å². The maximum atomic E-state index is 11.2. The Morgan fingerprint density at radius 2 is 2.00 bits per heavy atom. The third-order valence-electron chi connectivity index (χ3n) is 5.73. The number of rotatable bonds is 7. The Morgan fingerprint density at radius 1 is 1.12 bits per heavy atom. The van der Waals surface area contributed by atoms with E-state index >= 15 is 0 Å². The Hall–Kier alpha value is -3.76. The van der Waals surface area contributed by atoms with E-state index < -0.39 is 6.23 Å². The van der Waals surface area contributed by atoms with Gasteiger partial charge >= 0.3 is 0 Å². The molecule has 0 aromatic carbocycles. The van der Waals surface area contributed by atoms with Gasteiger partial charge in [0, 0.05) is 49.4 Å². The second kappa shape index (κ2) is 8.64. The number of hydrogen-bond donors (Lipinski definition) is 1. The molecule has 0 aliphatic carbocycles. The summed E-state index contributed by atoms with van der Waals surface area (Å²) in [6.07, 6.45) is 10.2. The first kappa shape index (κ1) is 21.1. The Kier molecular flexibility index (Phi) is 5.53. The van der Waals surface area contributed by atoms with Crippen LogP contribution in [0.15, 0.2) is 49.2 Å². The smallest absolute Gasteiger partial charge is 0.160 e. The zero-order chi connectivity index (χ0) is 22.9. The topological polar surface area (TPSA) is 103 Å². The van der Waals surface area contributed by atoms with Crippen LogP contribution in [0.25, 0.3) is 22.9 Å². The zero-order valence-corrected chi connectivity index (χ0v) is 18.7. The maximum absolute atomic E-state index is 11.2. The molecule has 0 fully saturated rings. The van der Waals surface area contributed by atoms with Crippen LogP contribution in [0.4, 0.5) is 0 Å². The van der Waals surface area contributed by atoms with Gasteiger partial charge in [0.1, 0.15) is 12.4 Å². The van der Waals surface area contributed by atoms with Gasteiger partial charge < -0.3 is 19.5 Å². The van der Waals surface area contributed by atoms with Gasteiger partial charge in [0.15, 0.2) is 17.7 Å².